The Morgan fingerprint density at radius 3 is 2.00 bits per heavy atom. The third kappa shape index (κ3) is 6.51. The molecule has 0 bridgehead atoms. The lowest BCUT2D eigenvalue weighted by molar-refractivity contribution is 0.0692. The fraction of sp³-hybridized carbons (Fsp3) is 0.469. The number of piperidine rings is 3. The molecule has 3 aliphatic rings. The first-order valence-electron chi connectivity index (χ1n) is 16.5. The molecule has 0 radical (unpaired) electrons. The Morgan fingerprint density at radius 1 is 0.833 bits per heavy atom. The molecule has 1 amide bonds. The molecular formula is C32H43N13O3. The minimum Gasteiger partial charge on any atom is -0.507 e. The lowest BCUT2D eigenvalue weighted by atomic mass is 10.0. The summed E-state index contributed by atoms with van der Waals surface area (Å²) >= 11 is 0. The van der Waals surface area contributed by atoms with Gasteiger partial charge in [-0.05, 0) is 49.9 Å². The molecule has 254 valence electrons. The Hall–Kier alpha value is -4.77. The van der Waals surface area contributed by atoms with Crippen LogP contribution in [0, 0.1) is 0 Å². The number of aromatic hydroxyl groups is 1. The van der Waals surface area contributed by atoms with E-state index in [9.17, 15) is 14.7 Å². The number of nitrogens with two attached hydrogens (primary N) is 4. The number of hydrogen-bond acceptors (Lipinski definition) is 13. The summed E-state index contributed by atoms with van der Waals surface area (Å²) in [5.41, 5.74) is 27.3. The van der Waals surface area contributed by atoms with Gasteiger partial charge in [0, 0.05) is 81.2 Å². The summed E-state index contributed by atoms with van der Waals surface area (Å²) in [7, 11) is 0. The average molecular weight is 658 g/mol. The second-order valence-corrected chi connectivity index (χ2v) is 13.3. The topological polar surface area (TPSA) is 240 Å². The third-order valence-corrected chi connectivity index (χ3v) is 9.43. The van der Waals surface area contributed by atoms with Crippen LogP contribution in [0.5, 0.6) is 5.75 Å². The van der Waals surface area contributed by atoms with Crippen molar-refractivity contribution in [2.75, 3.05) is 54.4 Å². The van der Waals surface area contributed by atoms with E-state index < -0.39 is 0 Å². The van der Waals surface area contributed by atoms with Crippen molar-refractivity contribution in [3.05, 3.63) is 58.5 Å². The maximum absolute atomic E-state index is 13.5. The lowest BCUT2D eigenvalue weighted by Gasteiger charge is -2.37. The summed E-state index contributed by atoms with van der Waals surface area (Å²) in [6, 6.07) is 11.9. The molecule has 48 heavy (non-hydrogen) atoms. The minimum absolute atomic E-state index is 0.0270. The van der Waals surface area contributed by atoms with Crippen LogP contribution in [0.25, 0.3) is 11.0 Å². The molecule has 3 fully saturated rings. The summed E-state index contributed by atoms with van der Waals surface area (Å²) in [6.07, 6.45) is 2.67. The number of fused-ring (bicyclic) bond motifs is 1. The predicted molar refractivity (Wildman–Crippen MR) is 184 cm³/mol. The number of likely N-dealkylation sites (tertiary alicyclic amines) is 1. The van der Waals surface area contributed by atoms with Gasteiger partial charge in [-0.15, -0.1) is 0 Å². The summed E-state index contributed by atoms with van der Waals surface area (Å²) in [5.74, 6) is 0.660. The van der Waals surface area contributed by atoms with Crippen molar-refractivity contribution in [1.82, 2.24) is 29.4 Å². The molecular weight excluding hydrogens is 614 g/mol. The highest BCUT2D eigenvalue weighted by Crippen LogP contribution is 2.30. The van der Waals surface area contributed by atoms with Crippen LogP contribution in [0.3, 0.4) is 0 Å². The Balaban J connectivity index is 1.08. The van der Waals surface area contributed by atoms with Crippen LogP contribution in [0.2, 0.25) is 0 Å². The monoisotopic (exact) mass is 657 g/mol. The predicted octanol–water partition coefficient (Wildman–Crippen LogP) is 0.171. The number of carbonyl (C=O) groups excluding carboxylic acids is 1. The summed E-state index contributed by atoms with van der Waals surface area (Å²) in [6.45, 7) is 3.09. The zero-order chi connectivity index (χ0) is 33.5. The number of hydrogen-bond donors (Lipinski definition) is 7. The van der Waals surface area contributed by atoms with Crippen molar-refractivity contribution in [3.63, 3.8) is 0 Å². The molecule has 0 unspecified atom stereocenters. The van der Waals surface area contributed by atoms with Crippen molar-refractivity contribution in [1.29, 1.82) is 0 Å². The van der Waals surface area contributed by atoms with Gasteiger partial charge in [-0.25, -0.2) is 4.79 Å². The number of nitrogens with zero attached hydrogens (tertiary/aromatic N) is 7. The number of anilines is 4. The highest BCUT2D eigenvalue weighted by atomic mass is 16.3. The Bertz CT molecular complexity index is 1790. The number of carbonyl (C=O) groups is 1. The lowest BCUT2D eigenvalue weighted by Crippen LogP contribution is -2.54. The minimum atomic E-state index is -0.274. The maximum atomic E-state index is 13.5. The van der Waals surface area contributed by atoms with Gasteiger partial charge >= 0.3 is 5.69 Å². The van der Waals surface area contributed by atoms with Crippen molar-refractivity contribution in [2.45, 2.75) is 55.9 Å². The van der Waals surface area contributed by atoms with E-state index in [-0.39, 0.29) is 59.1 Å². The van der Waals surface area contributed by atoms with Crippen LogP contribution >= 0.6 is 0 Å². The molecule has 4 aromatic rings. The Kier molecular flexibility index (Phi) is 8.63. The number of aromatic nitrogens is 5. The largest absolute Gasteiger partial charge is 0.507 e. The fourth-order valence-corrected chi connectivity index (χ4v) is 7.23. The highest BCUT2D eigenvalue weighted by molar-refractivity contribution is 5.97. The standard InChI is InChI=1S/C32H43N13O3/c33-18-11-19(34)15-43(14-18)30-39-29(40-31(41-30)44-16-20(35)12-21(36)17-44)37-22-5-6-24(27(46)13-22)28(47)42-9-7-23(8-10-42)45-26-4-2-1-3-25(26)38-32(45)48/h1-6,13,18-21,23,46H,7-12,14-17,33-36H2,(H,38,48)(H,37,39,40,41)/t18-,19+,20-,21+. The molecule has 4 atom stereocenters. The summed E-state index contributed by atoms with van der Waals surface area (Å²) in [5, 5.41) is 14.2. The van der Waals surface area contributed by atoms with Gasteiger partial charge in [0.05, 0.1) is 16.6 Å². The van der Waals surface area contributed by atoms with Gasteiger partial charge in [0.1, 0.15) is 5.75 Å². The molecule has 2 aromatic carbocycles. The molecule has 16 heteroatoms. The number of phenolic OH excluding ortho intramolecular Hbond substituents is 1. The number of nitrogens with one attached hydrogen (secondary N) is 2. The third-order valence-electron chi connectivity index (χ3n) is 9.43. The Morgan fingerprint density at radius 2 is 1.42 bits per heavy atom. The number of benzene rings is 2. The van der Waals surface area contributed by atoms with E-state index in [1.165, 1.54) is 6.07 Å². The first-order valence-corrected chi connectivity index (χ1v) is 16.5. The van der Waals surface area contributed by atoms with Crippen LogP contribution in [0.1, 0.15) is 42.1 Å². The molecule has 3 saturated heterocycles. The highest BCUT2D eigenvalue weighted by Gasteiger charge is 2.30. The van der Waals surface area contributed by atoms with Gasteiger partial charge in [0.15, 0.2) is 0 Å². The summed E-state index contributed by atoms with van der Waals surface area (Å²) in [4.78, 5) is 48.8. The van der Waals surface area contributed by atoms with E-state index in [0.717, 1.165) is 11.0 Å². The molecule has 2 aromatic heterocycles. The number of para-hydroxylation sites is 2. The van der Waals surface area contributed by atoms with Gasteiger partial charge in [0.25, 0.3) is 5.91 Å². The summed E-state index contributed by atoms with van der Waals surface area (Å²) < 4.78 is 1.79. The second kappa shape index (κ2) is 13.0. The SMILES string of the molecule is N[C@@H]1C[C@H](N)CN(c2nc(Nc3ccc(C(=O)N4CCC(n5c(=O)[nH]c6ccccc65)CC4)c(O)c3)nc(N3C[C@H](N)C[C@H](N)C3)n2)C1. The first kappa shape index (κ1) is 31.8. The first-order chi connectivity index (χ1) is 23.1. The van der Waals surface area contributed by atoms with E-state index >= 15 is 0 Å². The van der Waals surface area contributed by atoms with E-state index in [1.54, 1.807) is 21.6 Å². The molecule has 16 nitrogen and oxygen atoms in total. The van der Waals surface area contributed by atoms with E-state index in [4.69, 9.17) is 27.9 Å². The zero-order valence-corrected chi connectivity index (χ0v) is 26.7. The van der Waals surface area contributed by atoms with Gasteiger partial charge in [0.2, 0.25) is 17.8 Å². The van der Waals surface area contributed by atoms with Crippen LogP contribution in [-0.4, -0.2) is 104 Å². The number of phenols is 1. The quantitative estimate of drug-likeness (QED) is 0.147. The Labute approximate surface area is 277 Å². The van der Waals surface area contributed by atoms with Gasteiger partial charge < -0.3 is 53.0 Å². The molecule has 11 N–H and O–H groups in total. The van der Waals surface area contributed by atoms with Crippen LogP contribution in [0.4, 0.5) is 23.5 Å². The number of H-pyrrole nitrogens is 1. The number of aromatic amines is 1. The van der Waals surface area contributed by atoms with Gasteiger partial charge in [-0.1, -0.05) is 12.1 Å². The molecule has 3 aliphatic heterocycles. The van der Waals surface area contributed by atoms with Crippen LogP contribution in [-0.2, 0) is 0 Å². The van der Waals surface area contributed by atoms with Crippen molar-refractivity contribution < 1.29 is 9.90 Å². The molecule has 0 spiro atoms. The van der Waals surface area contributed by atoms with E-state index in [1.807, 2.05) is 34.1 Å². The number of imidazole rings is 1. The van der Waals surface area contributed by atoms with Crippen molar-refractivity contribution in [2.24, 2.45) is 22.9 Å². The van der Waals surface area contributed by atoms with Crippen molar-refractivity contribution in [3.8, 4) is 5.75 Å². The molecule has 7 rings (SSSR count). The van der Waals surface area contributed by atoms with Gasteiger partial charge in [-0.3, -0.25) is 9.36 Å². The molecule has 0 aliphatic carbocycles. The molecule has 0 saturated carbocycles. The second-order valence-electron chi connectivity index (χ2n) is 13.3. The smallest absolute Gasteiger partial charge is 0.326 e. The number of amides is 1. The van der Waals surface area contributed by atoms with Gasteiger partial charge in [-0.2, -0.15) is 15.0 Å². The maximum Gasteiger partial charge on any atom is 0.326 e. The van der Waals surface area contributed by atoms with Crippen LogP contribution in [0.15, 0.2) is 47.3 Å². The number of rotatable bonds is 6. The fourth-order valence-electron chi connectivity index (χ4n) is 7.23. The molecule has 5 heterocycles. The van der Waals surface area contributed by atoms with E-state index in [0.29, 0.717) is 82.5 Å². The van der Waals surface area contributed by atoms with E-state index in [2.05, 4.69) is 20.3 Å². The van der Waals surface area contributed by atoms with Crippen molar-refractivity contribution >= 4 is 40.5 Å². The van der Waals surface area contributed by atoms with Crippen LogP contribution < -0.4 is 43.7 Å². The zero-order valence-electron chi connectivity index (χ0n) is 26.7. The average Bonchev–Trinajstić information content (AvgIpc) is 3.39. The normalized spacial score (nSPS) is 23.9.